The minimum absolute atomic E-state index is 0.0378. The topological polar surface area (TPSA) is 63.4 Å². The lowest BCUT2D eigenvalue weighted by molar-refractivity contribution is 0.367. The first-order chi connectivity index (χ1) is 11.0. The molecule has 5 nitrogen and oxygen atoms in total. The molecule has 1 aromatic carbocycles. The highest BCUT2D eigenvalue weighted by atomic mass is 32.2. The van der Waals surface area contributed by atoms with Gasteiger partial charge in [0.1, 0.15) is 5.76 Å². The Hall–Kier alpha value is -1.66. The molecule has 3 rings (SSSR count). The zero-order chi connectivity index (χ0) is 16.4. The Morgan fingerprint density at radius 1 is 1.30 bits per heavy atom. The summed E-state index contributed by atoms with van der Waals surface area (Å²) in [5.41, 5.74) is 2.58. The minimum Gasteiger partial charge on any atom is -0.361 e. The van der Waals surface area contributed by atoms with Gasteiger partial charge in [0.05, 0.1) is 17.5 Å². The molecule has 1 aliphatic rings. The van der Waals surface area contributed by atoms with Gasteiger partial charge < -0.3 is 4.52 Å². The summed E-state index contributed by atoms with van der Waals surface area (Å²) in [6.45, 7) is 4.45. The fourth-order valence-corrected chi connectivity index (χ4v) is 5.12. The zero-order valence-electron chi connectivity index (χ0n) is 13.5. The molecule has 0 spiro atoms. The van der Waals surface area contributed by atoms with E-state index in [0.29, 0.717) is 6.54 Å². The van der Waals surface area contributed by atoms with E-state index in [2.05, 4.69) is 5.16 Å². The Labute approximate surface area is 137 Å². The van der Waals surface area contributed by atoms with Gasteiger partial charge in [-0.05, 0) is 25.3 Å². The lowest BCUT2D eigenvalue weighted by Crippen LogP contribution is -2.32. The monoisotopic (exact) mass is 334 g/mol. The van der Waals surface area contributed by atoms with Crippen LogP contribution in [0.15, 0.2) is 34.9 Å². The first kappa shape index (κ1) is 16.2. The average Bonchev–Trinajstić information content (AvgIpc) is 3.14. The van der Waals surface area contributed by atoms with Crippen molar-refractivity contribution in [3.05, 3.63) is 52.9 Å². The second kappa shape index (κ2) is 6.45. The lowest BCUT2D eigenvalue weighted by atomic mass is 10.0. The van der Waals surface area contributed by atoms with Crippen LogP contribution in [0.1, 0.15) is 48.4 Å². The summed E-state index contributed by atoms with van der Waals surface area (Å²) < 4.78 is 32.8. The third kappa shape index (κ3) is 3.19. The van der Waals surface area contributed by atoms with Crippen molar-refractivity contribution in [1.82, 2.24) is 9.46 Å². The number of hydrogen-bond donors (Lipinski definition) is 0. The Morgan fingerprint density at radius 2 is 2.04 bits per heavy atom. The van der Waals surface area contributed by atoms with Crippen LogP contribution < -0.4 is 0 Å². The van der Waals surface area contributed by atoms with Gasteiger partial charge in [0.2, 0.25) is 10.0 Å². The third-order valence-corrected chi connectivity index (χ3v) is 6.24. The van der Waals surface area contributed by atoms with Crippen molar-refractivity contribution in [2.75, 3.05) is 6.54 Å². The maximum absolute atomic E-state index is 12.9. The number of nitrogens with zero attached hydrogens (tertiary/aromatic N) is 2. The summed E-state index contributed by atoms with van der Waals surface area (Å²) in [4.78, 5) is 0. The predicted molar refractivity (Wildman–Crippen MR) is 88.4 cm³/mol. The zero-order valence-corrected chi connectivity index (χ0v) is 14.3. The number of benzene rings is 1. The number of aryl methyl sites for hydroxylation is 2. The van der Waals surface area contributed by atoms with Crippen molar-refractivity contribution >= 4 is 10.0 Å². The second-order valence-electron chi connectivity index (χ2n) is 5.97. The maximum atomic E-state index is 12.9. The van der Waals surface area contributed by atoms with Crippen LogP contribution in [0.4, 0.5) is 0 Å². The van der Waals surface area contributed by atoms with Crippen molar-refractivity contribution < 1.29 is 12.9 Å². The van der Waals surface area contributed by atoms with Crippen molar-refractivity contribution in [2.45, 2.75) is 44.9 Å². The number of rotatable bonds is 5. The van der Waals surface area contributed by atoms with Crippen LogP contribution in [-0.4, -0.2) is 24.4 Å². The summed E-state index contributed by atoms with van der Waals surface area (Å²) in [6.07, 6.45) is 2.41. The molecule has 2 aromatic rings. The van der Waals surface area contributed by atoms with Crippen LogP contribution in [0.5, 0.6) is 0 Å². The van der Waals surface area contributed by atoms with Crippen LogP contribution in [0, 0.1) is 6.92 Å². The molecule has 0 amide bonds. The highest BCUT2D eigenvalue weighted by Gasteiger charge is 2.38. The number of hydrogen-bond acceptors (Lipinski definition) is 4. The van der Waals surface area contributed by atoms with Crippen LogP contribution in [0.25, 0.3) is 0 Å². The molecule has 0 aliphatic carbocycles. The molecule has 1 aliphatic heterocycles. The summed E-state index contributed by atoms with van der Waals surface area (Å²) in [5, 5.41) is 4.04. The van der Waals surface area contributed by atoms with E-state index < -0.39 is 10.0 Å². The average molecular weight is 334 g/mol. The molecular formula is C17H22N2O3S. The highest BCUT2D eigenvalue weighted by molar-refractivity contribution is 7.88. The maximum Gasteiger partial charge on any atom is 0.218 e. The van der Waals surface area contributed by atoms with Crippen molar-refractivity contribution in [1.29, 1.82) is 0 Å². The molecule has 1 fully saturated rings. The number of aromatic nitrogens is 1. The Kier molecular flexibility index (Phi) is 4.55. The molecule has 23 heavy (non-hydrogen) atoms. The van der Waals surface area contributed by atoms with Crippen molar-refractivity contribution in [2.24, 2.45) is 0 Å². The Bertz CT molecular complexity index is 768. The van der Waals surface area contributed by atoms with E-state index in [4.69, 9.17) is 4.52 Å². The van der Waals surface area contributed by atoms with Gasteiger partial charge in [0.25, 0.3) is 0 Å². The molecule has 2 heterocycles. The van der Waals surface area contributed by atoms with Crippen LogP contribution in [-0.2, 0) is 22.2 Å². The molecule has 1 aromatic heterocycles. The molecule has 0 unspecified atom stereocenters. The predicted octanol–water partition coefficient (Wildman–Crippen LogP) is 3.21. The van der Waals surface area contributed by atoms with Gasteiger partial charge in [-0.1, -0.05) is 42.4 Å². The van der Waals surface area contributed by atoms with E-state index in [1.54, 1.807) is 4.31 Å². The molecule has 0 saturated carbocycles. The normalized spacial score (nSPS) is 19.3. The van der Waals surface area contributed by atoms with E-state index in [0.717, 1.165) is 41.8 Å². The first-order valence-electron chi connectivity index (χ1n) is 8.01. The largest absolute Gasteiger partial charge is 0.361 e. The minimum atomic E-state index is -3.37. The van der Waals surface area contributed by atoms with Crippen molar-refractivity contribution in [3.8, 4) is 0 Å². The Morgan fingerprint density at radius 3 is 2.74 bits per heavy atom. The molecule has 0 radical (unpaired) electrons. The van der Waals surface area contributed by atoms with E-state index in [9.17, 15) is 8.42 Å². The standard InChI is InChI=1S/C17H22N2O3S/c1-3-16-17(13(2)18-22-16)15-10-7-11-19(15)23(20,21)12-14-8-5-4-6-9-14/h4-6,8-9,15H,3,7,10-12H2,1-2H3/t15-/m0/s1. The molecule has 6 heteroatoms. The van der Waals surface area contributed by atoms with Gasteiger partial charge >= 0.3 is 0 Å². The fourth-order valence-electron chi connectivity index (χ4n) is 3.33. The summed E-state index contributed by atoms with van der Waals surface area (Å²) in [7, 11) is -3.37. The quantitative estimate of drug-likeness (QED) is 0.842. The first-order valence-corrected chi connectivity index (χ1v) is 9.62. The van der Waals surface area contributed by atoms with Gasteiger partial charge in [-0.15, -0.1) is 0 Å². The van der Waals surface area contributed by atoms with Gasteiger partial charge in [-0.25, -0.2) is 8.42 Å². The van der Waals surface area contributed by atoms with E-state index in [1.165, 1.54) is 0 Å². The highest BCUT2D eigenvalue weighted by Crippen LogP contribution is 2.38. The van der Waals surface area contributed by atoms with Gasteiger partial charge in [-0.3, -0.25) is 0 Å². The van der Waals surface area contributed by atoms with E-state index >= 15 is 0 Å². The molecule has 124 valence electrons. The lowest BCUT2D eigenvalue weighted by Gasteiger charge is -2.24. The molecule has 1 saturated heterocycles. The van der Waals surface area contributed by atoms with Gasteiger partial charge in [0, 0.05) is 18.5 Å². The molecular weight excluding hydrogens is 312 g/mol. The van der Waals surface area contributed by atoms with Crippen LogP contribution in [0.3, 0.4) is 0 Å². The molecule has 0 N–H and O–H groups in total. The van der Waals surface area contributed by atoms with E-state index in [-0.39, 0.29) is 11.8 Å². The Balaban J connectivity index is 1.90. The summed E-state index contributed by atoms with van der Waals surface area (Å²) in [5.74, 6) is 0.838. The molecule has 0 bridgehead atoms. The SMILES string of the molecule is CCc1onc(C)c1[C@@H]1CCCN1S(=O)(=O)Cc1ccccc1. The fraction of sp³-hybridized carbons (Fsp3) is 0.471. The summed E-state index contributed by atoms with van der Waals surface area (Å²) in [6, 6.07) is 9.18. The van der Waals surface area contributed by atoms with Crippen molar-refractivity contribution in [3.63, 3.8) is 0 Å². The smallest absolute Gasteiger partial charge is 0.218 e. The van der Waals surface area contributed by atoms with Gasteiger partial charge in [0.15, 0.2) is 0 Å². The number of sulfonamides is 1. The summed E-state index contributed by atoms with van der Waals surface area (Å²) >= 11 is 0. The van der Waals surface area contributed by atoms with Crippen LogP contribution >= 0.6 is 0 Å². The van der Waals surface area contributed by atoms with Crippen LogP contribution in [0.2, 0.25) is 0 Å². The van der Waals surface area contributed by atoms with Gasteiger partial charge in [-0.2, -0.15) is 4.31 Å². The van der Waals surface area contributed by atoms with E-state index in [1.807, 2.05) is 44.2 Å². The second-order valence-corrected chi connectivity index (χ2v) is 7.89. The molecule has 1 atom stereocenters. The third-order valence-electron chi connectivity index (χ3n) is 4.39.